The topological polar surface area (TPSA) is 42.4 Å². The van der Waals surface area contributed by atoms with Gasteiger partial charge in [-0.25, -0.2) is 4.98 Å². The van der Waals surface area contributed by atoms with Crippen LogP contribution in [0.4, 0.5) is 0 Å². The molecule has 0 unspecified atom stereocenters. The molecule has 0 radical (unpaired) electrons. The van der Waals surface area contributed by atoms with Gasteiger partial charge in [-0.2, -0.15) is 0 Å². The van der Waals surface area contributed by atoms with E-state index in [1.54, 1.807) is 18.4 Å². The fourth-order valence-corrected chi connectivity index (χ4v) is 4.64. The zero-order valence-electron chi connectivity index (χ0n) is 13.1. The van der Waals surface area contributed by atoms with E-state index in [9.17, 15) is 4.79 Å². The molecule has 0 aromatic carbocycles. The molecule has 116 valence electrons. The molecule has 2 aliphatic rings. The summed E-state index contributed by atoms with van der Waals surface area (Å²) in [5.74, 6) is 0.241. The van der Waals surface area contributed by atoms with Gasteiger partial charge in [0.15, 0.2) is 0 Å². The second-order valence-electron chi connectivity index (χ2n) is 6.68. The Bertz CT molecular complexity index is 530. The molecule has 0 bridgehead atoms. The van der Waals surface area contributed by atoms with Crippen LogP contribution in [0.15, 0.2) is 5.38 Å². The van der Waals surface area contributed by atoms with E-state index in [2.05, 4.69) is 16.8 Å². The zero-order chi connectivity index (χ0) is 15.0. The molecule has 1 aromatic heterocycles. The first-order valence-corrected chi connectivity index (χ1v) is 8.63. The van der Waals surface area contributed by atoms with Crippen molar-refractivity contribution in [1.82, 2.24) is 9.88 Å². The highest BCUT2D eigenvalue weighted by atomic mass is 32.1. The third-order valence-corrected chi connectivity index (χ3v) is 6.04. The van der Waals surface area contributed by atoms with Crippen LogP contribution in [0, 0.1) is 12.3 Å². The number of carbonyl (C=O) groups excluding carboxylic acids is 1. The molecule has 21 heavy (non-hydrogen) atoms. The van der Waals surface area contributed by atoms with Crippen molar-refractivity contribution >= 4 is 17.2 Å². The third kappa shape index (κ3) is 2.86. The molecule has 1 aromatic rings. The van der Waals surface area contributed by atoms with Crippen LogP contribution < -0.4 is 0 Å². The number of nitrogens with zero attached hydrogens (tertiary/aromatic N) is 2. The van der Waals surface area contributed by atoms with Gasteiger partial charge in [-0.1, -0.05) is 6.92 Å². The monoisotopic (exact) mass is 308 g/mol. The van der Waals surface area contributed by atoms with E-state index in [0.717, 1.165) is 42.9 Å². The lowest BCUT2D eigenvalue weighted by atomic mass is 9.71. The van der Waals surface area contributed by atoms with Crippen molar-refractivity contribution in [1.29, 1.82) is 0 Å². The molecule has 1 saturated carbocycles. The summed E-state index contributed by atoms with van der Waals surface area (Å²) >= 11 is 1.62. The van der Waals surface area contributed by atoms with E-state index >= 15 is 0 Å². The Hall–Kier alpha value is -0.940. The summed E-state index contributed by atoms with van der Waals surface area (Å²) in [5, 5.41) is 3.04. The number of carbonyl (C=O) groups is 1. The fraction of sp³-hybridized carbons (Fsp3) is 0.750. The standard InChI is InChI=1S/C16H24N2O2S/c1-11-17-12(10-21-11)8-15(19)18-7-6-16(2)9-13(20-3)4-5-14(16)18/h10,13-14H,4-9H2,1-3H3/t13-,14-,16+/m1/s1. The summed E-state index contributed by atoms with van der Waals surface area (Å²) in [6.07, 6.45) is 5.12. The van der Waals surface area contributed by atoms with Crippen molar-refractivity contribution in [3.05, 3.63) is 16.1 Å². The Kier molecular flexibility index (Phi) is 4.06. The molecule has 2 heterocycles. The Morgan fingerprint density at radius 3 is 3.05 bits per heavy atom. The predicted octanol–water partition coefficient (Wildman–Crippen LogP) is 2.80. The summed E-state index contributed by atoms with van der Waals surface area (Å²) < 4.78 is 5.55. The molecule has 1 saturated heterocycles. The maximum Gasteiger partial charge on any atom is 0.228 e. The van der Waals surface area contributed by atoms with Crippen molar-refractivity contribution in [3.8, 4) is 0 Å². The Morgan fingerprint density at radius 2 is 2.38 bits per heavy atom. The summed E-state index contributed by atoms with van der Waals surface area (Å²) in [4.78, 5) is 19.2. The molecule has 5 heteroatoms. The normalized spacial score (nSPS) is 32.2. The Labute approximate surface area is 130 Å². The van der Waals surface area contributed by atoms with Gasteiger partial charge < -0.3 is 9.64 Å². The molecule has 0 N–H and O–H groups in total. The van der Waals surface area contributed by atoms with E-state index in [1.807, 2.05) is 12.3 Å². The molecule has 4 nitrogen and oxygen atoms in total. The average molecular weight is 308 g/mol. The molecule has 1 aliphatic carbocycles. The molecule has 1 amide bonds. The average Bonchev–Trinajstić information content (AvgIpc) is 3.00. The lowest BCUT2D eigenvalue weighted by molar-refractivity contribution is -0.133. The lowest BCUT2D eigenvalue weighted by Crippen LogP contribution is -2.47. The number of likely N-dealkylation sites (tertiary alicyclic amines) is 1. The van der Waals surface area contributed by atoms with Gasteiger partial charge in [-0.15, -0.1) is 11.3 Å². The maximum absolute atomic E-state index is 12.6. The number of methoxy groups -OCH3 is 1. The second-order valence-corrected chi connectivity index (χ2v) is 7.74. The minimum atomic E-state index is 0.229. The largest absolute Gasteiger partial charge is 0.381 e. The van der Waals surface area contributed by atoms with E-state index < -0.39 is 0 Å². The molecule has 2 fully saturated rings. The SMILES string of the molecule is CO[C@@H]1CC[C@H]2N(C(=O)Cc3csc(C)n3)CC[C@@]2(C)C1. The second kappa shape index (κ2) is 5.69. The highest BCUT2D eigenvalue weighted by Crippen LogP contribution is 2.47. The van der Waals surface area contributed by atoms with Gasteiger partial charge in [0.2, 0.25) is 5.91 Å². The number of aryl methyl sites for hydroxylation is 1. The first-order chi connectivity index (χ1) is 10.0. The lowest BCUT2D eigenvalue weighted by Gasteiger charge is -2.42. The third-order valence-electron chi connectivity index (χ3n) is 5.21. The highest BCUT2D eigenvalue weighted by Gasteiger charge is 2.49. The first kappa shape index (κ1) is 15.0. The molecule has 0 spiro atoms. The van der Waals surface area contributed by atoms with E-state index in [-0.39, 0.29) is 11.3 Å². The van der Waals surface area contributed by atoms with Gasteiger partial charge in [0, 0.05) is 25.1 Å². The summed E-state index contributed by atoms with van der Waals surface area (Å²) in [7, 11) is 1.80. The summed E-state index contributed by atoms with van der Waals surface area (Å²) in [6.45, 7) is 5.19. The molecular formula is C16H24N2O2S. The summed E-state index contributed by atoms with van der Waals surface area (Å²) in [6, 6.07) is 0.385. The number of hydrogen-bond donors (Lipinski definition) is 0. The zero-order valence-corrected chi connectivity index (χ0v) is 13.9. The van der Waals surface area contributed by atoms with Crippen LogP contribution in [0.25, 0.3) is 0 Å². The van der Waals surface area contributed by atoms with Crippen LogP contribution in [0.1, 0.15) is 43.3 Å². The van der Waals surface area contributed by atoms with Crippen LogP contribution in [-0.2, 0) is 16.0 Å². The minimum Gasteiger partial charge on any atom is -0.381 e. The molecule has 1 aliphatic heterocycles. The number of fused-ring (bicyclic) bond motifs is 1. The Balaban J connectivity index is 1.68. The number of amides is 1. The van der Waals surface area contributed by atoms with Gasteiger partial charge >= 0.3 is 0 Å². The van der Waals surface area contributed by atoms with Crippen LogP contribution in [0.3, 0.4) is 0 Å². The number of ether oxygens (including phenoxy) is 1. The van der Waals surface area contributed by atoms with Crippen molar-refractivity contribution < 1.29 is 9.53 Å². The minimum absolute atomic E-state index is 0.229. The highest BCUT2D eigenvalue weighted by molar-refractivity contribution is 7.09. The van der Waals surface area contributed by atoms with E-state index in [4.69, 9.17) is 4.74 Å². The van der Waals surface area contributed by atoms with Crippen molar-refractivity contribution in [2.24, 2.45) is 5.41 Å². The van der Waals surface area contributed by atoms with Gasteiger partial charge in [0.1, 0.15) is 0 Å². The van der Waals surface area contributed by atoms with Crippen molar-refractivity contribution in [2.45, 2.75) is 58.1 Å². The number of thiazole rings is 1. The number of rotatable bonds is 3. The van der Waals surface area contributed by atoms with E-state index in [1.165, 1.54) is 0 Å². The van der Waals surface area contributed by atoms with Crippen molar-refractivity contribution in [2.75, 3.05) is 13.7 Å². The van der Waals surface area contributed by atoms with Gasteiger partial charge in [-0.05, 0) is 38.0 Å². The number of hydrogen-bond acceptors (Lipinski definition) is 4. The summed E-state index contributed by atoms with van der Waals surface area (Å²) in [5.41, 5.74) is 1.15. The fourth-order valence-electron chi connectivity index (χ4n) is 4.03. The number of aromatic nitrogens is 1. The van der Waals surface area contributed by atoms with Gasteiger partial charge in [-0.3, -0.25) is 4.79 Å². The van der Waals surface area contributed by atoms with Crippen molar-refractivity contribution in [3.63, 3.8) is 0 Å². The van der Waals surface area contributed by atoms with Crippen LogP contribution >= 0.6 is 11.3 Å². The van der Waals surface area contributed by atoms with Crippen LogP contribution in [0.2, 0.25) is 0 Å². The molecular weight excluding hydrogens is 284 g/mol. The smallest absolute Gasteiger partial charge is 0.228 e. The first-order valence-electron chi connectivity index (χ1n) is 7.75. The van der Waals surface area contributed by atoms with Gasteiger partial charge in [0.25, 0.3) is 0 Å². The molecule has 3 rings (SSSR count). The van der Waals surface area contributed by atoms with Crippen LogP contribution in [0.5, 0.6) is 0 Å². The Morgan fingerprint density at radius 1 is 1.57 bits per heavy atom. The molecule has 3 atom stereocenters. The maximum atomic E-state index is 12.6. The quantitative estimate of drug-likeness (QED) is 0.862. The predicted molar refractivity (Wildman–Crippen MR) is 83.4 cm³/mol. The van der Waals surface area contributed by atoms with Gasteiger partial charge in [0.05, 0.1) is 23.2 Å². The van der Waals surface area contributed by atoms with Crippen LogP contribution in [-0.4, -0.2) is 41.6 Å². The van der Waals surface area contributed by atoms with E-state index in [0.29, 0.717) is 18.6 Å².